The minimum atomic E-state index is -3.99. The molecule has 19 heavy (non-hydrogen) atoms. The number of halogens is 3. The van der Waals surface area contributed by atoms with Crippen LogP contribution in [0.2, 0.25) is 0 Å². The largest absolute Gasteiger partial charge is 0.391 e. The first kappa shape index (κ1) is 16.8. The normalized spacial score (nSPS) is 26.7. The van der Waals surface area contributed by atoms with Crippen molar-refractivity contribution in [1.82, 2.24) is 5.32 Å². The standard InChI is InChI=1S/C15H28F3N/c1-4-11(5-2)10-14(19-3)12-6-8-13(9-7-12)15(16,17)18/h11-14,19H,4-10H2,1-3H3. The Kier molecular flexibility index (Phi) is 6.64. The molecule has 0 aromatic carbocycles. The number of alkyl halides is 3. The molecule has 1 unspecified atom stereocenters. The van der Waals surface area contributed by atoms with Gasteiger partial charge in [-0.2, -0.15) is 13.2 Å². The molecule has 1 nitrogen and oxygen atoms in total. The zero-order chi connectivity index (χ0) is 14.5. The molecule has 1 saturated carbocycles. The van der Waals surface area contributed by atoms with Crippen LogP contribution in [-0.4, -0.2) is 19.3 Å². The molecule has 1 aliphatic rings. The van der Waals surface area contributed by atoms with Gasteiger partial charge < -0.3 is 5.32 Å². The van der Waals surface area contributed by atoms with E-state index in [9.17, 15) is 13.2 Å². The van der Waals surface area contributed by atoms with Crippen molar-refractivity contribution in [2.24, 2.45) is 17.8 Å². The van der Waals surface area contributed by atoms with Crippen LogP contribution in [0.4, 0.5) is 13.2 Å². The zero-order valence-electron chi connectivity index (χ0n) is 12.4. The predicted molar refractivity (Wildman–Crippen MR) is 73.0 cm³/mol. The van der Waals surface area contributed by atoms with Crippen LogP contribution < -0.4 is 5.32 Å². The van der Waals surface area contributed by atoms with Crippen LogP contribution in [0.25, 0.3) is 0 Å². The Balaban J connectivity index is 2.47. The van der Waals surface area contributed by atoms with Gasteiger partial charge in [0.2, 0.25) is 0 Å². The van der Waals surface area contributed by atoms with E-state index < -0.39 is 12.1 Å². The Hall–Kier alpha value is -0.250. The molecule has 0 aliphatic heterocycles. The summed E-state index contributed by atoms with van der Waals surface area (Å²) < 4.78 is 38.0. The van der Waals surface area contributed by atoms with Crippen molar-refractivity contribution in [3.8, 4) is 0 Å². The van der Waals surface area contributed by atoms with E-state index in [2.05, 4.69) is 19.2 Å². The number of rotatable bonds is 6. The Morgan fingerprint density at radius 2 is 1.58 bits per heavy atom. The summed E-state index contributed by atoms with van der Waals surface area (Å²) in [6.45, 7) is 4.39. The molecule has 1 atom stereocenters. The highest BCUT2D eigenvalue weighted by Crippen LogP contribution is 2.41. The fraction of sp³-hybridized carbons (Fsp3) is 1.00. The van der Waals surface area contributed by atoms with Crippen LogP contribution in [0.5, 0.6) is 0 Å². The van der Waals surface area contributed by atoms with Gasteiger partial charge in [-0.3, -0.25) is 0 Å². The first-order valence-electron chi connectivity index (χ1n) is 7.66. The smallest absolute Gasteiger partial charge is 0.317 e. The molecule has 4 heteroatoms. The van der Waals surface area contributed by atoms with Crippen molar-refractivity contribution in [1.29, 1.82) is 0 Å². The molecule has 0 spiro atoms. The highest BCUT2D eigenvalue weighted by Gasteiger charge is 2.42. The maximum Gasteiger partial charge on any atom is 0.391 e. The molecule has 0 radical (unpaired) electrons. The van der Waals surface area contributed by atoms with Gasteiger partial charge in [-0.15, -0.1) is 0 Å². The first-order valence-corrected chi connectivity index (χ1v) is 7.66. The summed E-state index contributed by atoms with van der Waals surface area (Å²) in [5.74, 6) is 0.0522. The molecule has 0 bridgehead atoms. The second-order valence-corrected chi connectivity index (χ2v) is 5.97. The minimum absolute atomic E-state index is 0.315. The van der Waals surface area contributed by atoms with Gasteiger partial charge in [0.15, 0.2) is 0 Å². The van der Waals surface area contributed by atoms with Gasteiger partial charge in [-0.05, 0) is 51.0 Å². The SMILES string of the molecule is CCC(CC)CC(NC)C1CCC(C(F)(F)F)CC1. The average molecular weight is 279 g/mol. The third-order valence-corrected chi connectivity index (χ3v) is 4.92. The van der Waals surface area contributed by atoms with E-state index >= 15 is 0 Å². The van der Waals surface area contributed by atoms with E-state index in [0.29, 0.717) is 30.7 Å². The Morgan fingerprint density at radius 1 is 1.05 bits per heavy atom. The Labute approximate surface area is 115 Å². The molecule has 1 fully saturated rings. The lowest BCUT2D eigenvalue weighted by atomic mass is 9.75. The second-order valence-electron chi connectivity index (χ2n) is 5.97. The van der Waals surface area contributed by atoms with Crippen molar-refractivity contribution >= 4 is 0 Å². The van der Waals surface area contributed by atoms with Crippen molar-refractivity contribution < 1.29 is 13.2 Å². The molecule has 0 amide bonds. The summed E-state index contributed by atoms with van der Waals surface area (Å²) in [5, 5.41) is 3.34. The van der Waals surface area contributed by atoms with Gasteiger partial charge in [0.05, 0.1) is 5.92 Å². The molecular weight excluding hydrogens is 251 g/mol. The predicted octanol–water partition coefficient (Wildman–Crippen LogP) is 4.77. The molecular formula is C15H28F3N. The highest BCUT2D eigenvalue weighted by molar-refractivity contribution is 4.84. The third-order valence-electron chi connectivity index (χ3n) is 4.92. The lowest BCUT2D eigenvalue weighted by molar-refractivity contribution is -0.184. The monoisotopic (exact) mass is 279 g/mol. The quantitative estimate of drug-likeness (QED) is 0.738. The van der Waals surface area contributed by atoms with Crippen LogP contribution >= 0.6 is 0 Å². The molecule has 1 N–H and O–H groups in total. The first-order chi connectivity index (χ1) is 8.92. The highest BCUT2D eigenvalue weighted by atomic mass is 19.4. The lowest BCUT2D eigenvalue weighted by Gasteiger charge is -2.35. The van der Waals surface area contributed by atoms with E-state index in [-0.39, 0.29) is 0 Å². The van der Waals surface area contributed by atoms with Crippen LogP contribution in [0.15, 0.2) is 0 Å². The Morgan fingerprint density at radius 3 is 1.95 bits per heavy atom. The third kappa shape index (κ3) is 4.97. The number of hydrogen-bond acceptors (Lipinski definition) is 1. The minimum Gasteiger partial charge on any atom is -0.317 e. The van der Waals surface area contributed by atoms with Crippen LogP contribution in [0.3, 0.4) is 0 Å². The van der Waals surface area contributed by atoms with Gasteiger partial charge in [0.25, 0.3) is 0 Å². The van der Waals surface area contributed by atoms with Crippen molar-refractivity contribution in [2.45, 2.75) is 71.0 Å². The zero-order valence-corrected chi connectivity index (χ0v) is 12.4. The lowest BCUT2D eigenvalue weighted by Crippen LogP contribution is -2.39. The van der Waals surface area contributed by atoms with E-state index in [1.165, 1.54) is 0 Å². The fourth-order valence-electron chi connectivity index (χ4n) is 3.38. The number of nitrogens with one attached hydrogen (secondary N) is 1. The van der Waals surface area contributed by atoms with Crippen molar-refractivity contribution in [3.63, 3.8) is 0 Å². The maximum atomic E-state index is 12.7. The van der Waals surface area contributed by atoms with Gasteiger partial charge in [0.1, 0.15) is 0 Å². The topological polar surface area (TPSA) is 12.0 Å². The van der Waals surface area contributed by atoms with Gasteiger partial charge in [0, 0.05) is 6.04 Å². The fourth-order valence-corrected chi connectivity index (χ4v) is 3.38. The molecule has 0 aromatic heterocycles. The summed E-state index contributed by atoms with van der Waals surface area (Å²) in [5.41, 5.74) is 0. The van der Waals surface area contributed by atoms with Gasteiger partial charge in [-0.1, -0.05) is 26.7 Å². The van der Waals surface area contributed by atoms with E-state index in [4.69, 9.17) is 0 Å². The van der Waals surface area contributed by atoms with Crippen molar-refractivity contribution in [2.75, 3.05) is 7.05 Å². The molecule has 114 valence electrons. The van der Waals surface area contributed by atoms with E-state index in [1.54, 1.807) is 0 Å². The summed E-state index contributed by atoms with van der Waals surface area (Å²) >= 11 is 0. The van der Waals surface area contributed by atoms with Crippen molar-refractivity contribution in [3.05, 3.63) is 0 Å². The van der Waals surface area contributed by atoms with Gasteiger partial charge in [-0.25, -0.2) is 0 Å². The molecule has 1 aliphatic carbocycles. The Bertz CT molecular complexity index is 240. The van der Waals surface area contributed by atoms with E-state index in [0.717, 1.165) is 32.1 Å². The molecule has 1 rings (SSSR count). The molecule has 0 saturated heterocycles. The maximum absolute atomic E-state index is 12.7. The molecule has 0 aromatic rings. The van der Waals surface area contributed by atoms with E-state index in [1.807, 2.05) is 7.05 Å². The summed E-state index contributed by atoms with van der Waals surface area (Å²) in [7, 11) is 1.95. The summed E-state index contributed by atoms with van der Waals surface area (Å²) in [4.78, 5) is 0. The molecule has 0 heterocycles. The van der Waals surface area contributed by atoms with Crippen LogP contribution in [-0.2, 0) is 0 Å². The van der Waals surface area contributed by atoms with Gasteiger partial charge >= 0.3 is 6.18 Å². The van der Waals surface area contributed by atoms with Crippen LogP contribution in [0.1, 0.15) is 58.8 Å². The average Bonchev–Trinajstić information content (AvgIpc) is 2.39. The summed E-state index contributed by atoms with van der Waals surface area (Å²) in [6.07, 6.45) is 1.50. The van der Waals surface area contributed by atoms with Crippen LogP contribution in [0, 0.1) is 17.8 Å². The second kappa shape index (κ2) is 7.51. The summed E-state index contributed by atoms with van der Waals surface area (Å²) in [6, 6.07) is 0.388. The number of hydrogen-bond donors (Lipinski definition) is 1.